The molecule has 0 aromatic heterocycles. The molecule has 0 spiro atoms. The number of hydrogen-bond donors (Lipinski definition) is 2. The summed E-state index contributed by atoms with van der Waals surface area (Å²) in [6, 6.07) is -0.196. The van der Waals surface area contributed by atoms with Crippen molar-refractivity contribution < 1.29 is 9.59 Å². The van der Waals surface area contributed by atoms with Crippen LogP contribution in [0.5, 0.6) is 0 Å². The maximum absolute atomic E-state index is 11.9. The number of hydrogen-bond acceptors (Lipinski definition) is 2. The minimum Gasteiger partial charge on any atom is -0.339 e. The van der Waals surface area contributed by atoms with E-state index in [4.69, 9.17) is 0 Å². The Labute approximate surface area is 111 Å². The van der Waals surface area contributed by atoms with E-state index >= 15 is 0 Å². The van der Waals surface area contributed by atoms with Gasteiger partial charge in [0.2, 0.25) is 0 Å². The van der Waals surface area contributed by atoms with E-state index in [2.05, 4.69) is 10.6 Å². The molecule has 7 heteroatoms. The monoisotopic (exact) mass is 273 g/mol. The van der Waals surface area contributed by atoms with Gasteiger partial charge in [0.1, 0.15) is 0 Å². The Hall–Kier alpha value is -1.24. The highest BCUT2D eigenvalue weighted by Gasteiger charge is 2.29. The van der Waals surface area contributed by atoms with Crippen molar-refractivity contribution in [1.29, 1.82) is 0 Å². The highest BCUT2D eigenvalue weighted by Crippen LogP contribution is 2.03. The summed E-state index contributed by atoms with van der Waals surface area (Å²) < 4.78 is 3.49. The lowest BCUT2D eigenvalue weighted by Gasteiger charge is -2.34. The van der Waals surface area contributed by atoms with Crippen molar-refractivity contribution in [3.8, 4) is 0 Å². The van der Waals surface area contributed by atoms with Crippen molar-refractivity contribution in [2.45, 2.75) is 34.2 Å². The van der Waals surface area contributed by atoms with E-state index < -0.39 is 9.12 Å². The molecule has 0 aliphatic carbocycles. The first-order chi connectivity index (χ1) is 8.53. The molecule has 6 nitrogen and oxygen atoms in total. The minimum absolute atomic E-state index is 0.0980. The van der Waals surface area contributed by atoms with Gasteiger partial charge in [0.15, 0.2) is 0 Å². The summed E-state index contributed by atoms with van der Waals surface area (Å²) in [7, 11) is -1.37. The molecule has 0 fully saturated rings. The van der Waals surface area contributed by atoms with Gasteiger partial charge in [-0.2, -0.15) is 0 Å². The fraction of sp³-hybridized carbons (Fsp3) is 0.818. The summed E-state index contributed by atoms with van der Waals surface area (Å²) in [5.41, 5.74) is 0. The van der Waals surface area contributed by atoms with Gasteiger partial charge in [0.05, 0.1) is 0 Å². The predicted molar refractivity (Wildman–Crippen MR) is 74.5 cm³/mol. The molecule has 4 amide bonds. The first kappa shape index (κ1) is 16.8. The van der Waals surface area contributed by atoms with Gasteiger partial charge in [-0.15, -0.1) is 0 Å². The van der Waals surface area contributed by atoms with Crippen molar-refractivity contribution >= 4 is 21.2 Å². The number of carbonyl (C=O) groups is 2. The van der Waals surface area contributed by atoms with E-state index in [0.717, 1.165) is 0 Å². The molecule has 0 rings (SSSR count). The molecule has 0 aromatic carbocycles. The average molecular weight is 273 g/mol. The number of urea groups is 2. The highest BCUT2D eigenvalue weighted by atomic mass is 28.3. The van der Waals surface area contributed by atoms with Crippen LogP contribution in [-0.2, 0) is 0 Å². The third-order valence-corrected chi connectivity index (χ3v) is 5.16. The lowest BCUT2D eigenvalue weighted by molar-refractivity contribution is 0.213. The Bertz CT molecular complexity index is 250. The van der Waals surface area contributed by atoms with Gasteiger partial charge in [0, 0.05) is 26.2 Å². The normalized spacial score (nSPS) is 10.1. The average Bonchev–Trinajstić information content (AvgIpc) is 2.31. The van der Waals surface area contributed by atoms with Crippen LogP contribution in [-0.4, -0.2) is 56.5 Å². The fourth-order valence-electron chi connectivity index (χ4n) is 1.68. The van der Waals surface area contributed by atoms with Gasteiger partial charge in [-0.3, -0.25) is 0 Å². The van der Waals surface area contributed by atoms with Gasteiger partial charge in [-0.25, -0.2) is 9.59 Å². The quantitative estimate of drug-likeness (QED) is 0.714. The molecular weight excluding hydrogens is 248 g/mol. The van der Waals surface area contributed by atoms with E-state index in [-0.39, 0.29) is 12.1 Å². The topological polar surface area (TPSA) is 64.7 Å². The van der Waals surface area contributed by atoms with E-state index in [1.165, 1.54) is 0 Å². The maximum Gasteiger partial charge on any atom is 0.310 e. The number of rotatable bonds is 6. The van der Waals surface area contributed by atoms with Crippen LogP contribution in [0.1, 0.15) is 27.7 Å². The Morgan fingerprint density at radius 1 is 0.889 bits per heavy atom. The molecule has 0 saturated heterocycles. The van der Waals surface area contributed by atoms with Crippen LogP contribution < -0.4 is 10.6 Å². The van der Waals surface area contributed by atoms with E-state index in [1.807, 2.05) is 34.2 Å². The lowest BCUT2D eigenvalue weighted by atomic mass is 10.7. The molecule has 0 aliphatic rings. The molecular formula is C11H25N4O2Si. The van der Waals surface area contributed by atoms with Crippen LogP contribution in [0, 0.1) is 0 Å². The molecule has 0 saturated carbocycles. The van der Waals surface area contributed by atoms with Crippen molar-refractivity contribution in [1.82, 2.24) is 19.8 Å². The van der Waals surface area contributed by atoms with Crippen LogP contribution in [0.25, 0.3) is 0 Å². The van der Waals surface area contributed by atoms with Crippen molar-refractivity contribution in [3.63, 3.8) is 0 Å². The Kier molecular flexibility index (Phi) is 8.18. The number of nitrogens with zero attached hydrogens (tertiary/aromatic N) is 2. The van der Waals surface area contributed by atoms with E-state index in [9.17, 15) is 9.59 Å². The largest absolute Gasteiger partial charge is 0.339 e. The zero-order chi connectivity index (χ0) is 14.1. The van der Waals surface area contributed by atoms with Crippen molar-refractivity contribution in [2.24, 2.45) is 0 Å². The van der Waals surface area contributed by atoms with Gasteiger partial charge in [0.25, 0.3) is 0 Å². The molecule has 0 bridgehead atoms. The first-order valence-electron chi connectivity index (χ1n) is 6.47. The van der Waals surface area contributed by atoms with Gasteiger partial charge >= 0.3 is 21.2 Å². The van der Waals surface area contributed by atoms with Crippen LogP contribution in [0.2, 0.25) is 6.55 Å². The smallest absolute Gasteiger partial charge is 0.310 e. The molecule has 2 N–H and O–H groups in total. The van der Waals surface area contributed by atoms with Crippen molar-refractivity contribution in [3.05, 3.63) is 0 Å². The van der Waals surface area contributed by atoms with Crippen LogP contribution in [0.3, 0.4) is 0 Å². The van der Waals surface area contributed by atoms with Gasteiger partial charge in [-0.1, -0.05) is 0 Å². The zero-order valence-corrected chi connectivity index (χ0v) is 13.0. The van der Waals surface area contributed by atoms with Crippen LogP contribution >= 0.6 is 0 Å². The Morgan fingerprint density at radius 3 is 1.44 bits per heavy atom. The summed E-state index contributed by atoms with van der Waals surface area (Å²) in [6.45, 7) is 12.0. The third-order valence-electron chi connectivity index (χ3n) is 2.56. The second-order valence-corrected chi connectivity index (χ2v) is 5.88. The summed E-state index contributed by atoms with van der Waals surface area (Å²) in [6.07, 6.45) is 0. The molecule has 0 heterocycles. The number of nitrogens with one attached hydrogen (secondary N) is 2. The summed E-state index contributed by atoms with van der Waals surface area (Å²) in [5, 5.41) is 5.56. The summed E-state index contributed by atoms with van der Waals surface area (Å²) in [4.78, 5) is 23.8. The summed E-state index contributed by atoms with van der Waals surface area (Å²) >= 11 is 0. The fourth-order valence-corrected chi connectivity index (χ4v) is 3.63. The minimum atomic E-state index is -1.37. The number of amides is 4. The standard InChI is InChI=1S/C11H25N4O2Si/c1-6-12-10(16)14(8-3)18(5)15(9-4)11(17)13-7-2/h6-9H2,1-5H3,(H,12,16)(H,13,17). The first-order valence-corrected chi connectivity index (χ1v) is 8.37. The predicted octanol–water partition coefficient (Wildman–Crippen LogP) is 1.21. The van der Waals surface area contributed by atoms with E-state index in [0.29, 0.717) is 26.2 Å². The van der Waals surface area contributed by atoms with E-state index in [1.54, 1.807) is 9.13 Å². The lowest BCUT2D eigenvalue weighted by Crippen LogP contribution is -2.59. The zero-order valence-electron chi connectivity index (χ0n) is 12.0. The SMILES string of the molecule is CCNC(=O)N(CC)[Si](C)N(CC)C(=O)NCC. The molecule has 0 aromatic rings. The second-order valence-electron chi connectivity index (χ2n) is 3.71. The molecule has 0 unspecified atom stereocenters. The highest BCUT2D eigenvalue weighted by molar-refractivity contribution is 6.57. The molecule has 0 aliphatic heterocycles. The second kappa shape index (κ2) is 8.79. The Balaban J connectivity index is 4.76. The molecule has 18 heavy (non-hydrogen) atoms. The number of carbonyl (C=O) groups excluding carboxylic acids is 2. The van der Waals surface area contributed by atoms with Gasteiger partial charge < -0.3 is 19.8 Å². The summed E-state index contributed by atoms with van der Waals surface area (Å²) in [5.74, 6) is 0. The Morgan fingerprint density at radius 2 is 1.22 bits per heavy atom. The molecule has 1 radical (unpaired) electrons. The van der Waals surface area contributed by atoms with Crippen molar-refractivity contribution in [2.75, 3.05) is 26.2 Å². The third kappa shape index (κ3) is 4.56. The molecule has 105 valence electrons. The maximum atomic E-state index is 11.9. The molecule has 0 atom stereocenters. The van der Waals surface area contributed by atoms with Gasteiger partial charge in [-0.05, 0) is 34.2 Å². The van der Waals surface area contributed by atoms with Crippen LogP contribution in [0.4, 0.5) is 9.59 Å². The van der Waals surface area contributed by atoms with Crippen LogP contribution in [0.15, 0.2) is 0 Å².